The molecule has 142 valence electrons. The zero-order valence-electron chi connectivity index (χ0n) is 16.6. The Morgan fingerprint density at radius 3 is 2.42 bits per heavy atom. The molecule has 0 aromatic heterocycles. The maximum absolute atomic E-state index is 12.8. The predicted molar refractivity (Wildman–Crippen MR) is 101 cm³/mol. The molecule has 3 aliphatic rings. The molecule has 1 aromatic carbocycles. The van der Waals surface area contributed by atoms with Crippen LogP contribution in [0.15, 0.2) is 12.1 Å². The number of amides is 1. The molecule has 1 aromatic rings. The fraction of sp³-hybridized carbons (Fsp3) is 0.682. The molecular weight excluding hydrogens is 326 g/mol. The van der Waals surface area contributed by atoms with Gasteiger partial charge in [-0.2, -0.15) is 0 Å². The van der Waals surface area contributed by atoms with Crippen molar-refractivity contribution in [3.8, 4) is 11.5 Å². The summed E-state index contributed by atoms with van der Waals surface area (Å²) in [4.78, 5) is 12.8. The number of phenols is 2. The fourth-order valence-electron chi connectivity index (χ4n) is 6.90. The Hall–Kier alpha value is -1.71. The molecular formula is C22H31NO3. The summed E-state index contributed by atoms with van der Waals surface area (Å²) < 4.78 is 0. The van der Waals surface area contributed by atoms with Gasteiger partial charge in [-0.15, -0.1) is 0 Å². The third kappa shape index (κ3) is 1.83. The van der Waals surface area contributed by atoms with Gasteiger partial charge in [-0.25, -0.2) is 0 Å². The highest BCUT2D eigenvalue weighted by Gasteiger charge is 2.67. The van der Waals surface area contributed by atoms with Crippen LogP contribution in [0.2, 0.25) is 0 Å². The van der Waals surface area contributed by atoms with Gasteiger partial charge in [0.25, 0.3) is 0 Å². The van der Waals surface area contributed by atoms with Crippen LogP contribution in [0.25, 0.3) is 0 Å². The second-order valence-corrected chi connectivity index (χ2v) is 10.1. The molecule has 4 rings (SSSR count). The summed E-state index contributed by atoms with van der Waals surface area (Å²) in [5.41, 5.74) is 1.36. The Balaban J connectivity index is 1.90. The monoisotopic (exact) mass is 357 g/mol. The standard InChI is InChI=1S/C22H31NO3/c1-19(2)18(26)23-9-8-21(4)16-11-13-10-14(24)12-15(25)17(13)20(16,3)6-7-22(19,21)5/h10,12,16,24-25H,6-9,11H2,1-5H3,(H,23,26)/t16-,20+,21+,22-/m1/s1. The molecule has 0 spiro atoms. The van der Waals surface area contributed by atoms with Crippen molar-refractivity contribution in [2.45, 2.75) is 65.7 Å². The van der Waals surface area contributed by atoms with Crippen LogP contribution in [-0.4, -0.2) is 22.7 Å². The Labute approximate surface area is 156 Å². The zero-order valence-corrected chi connectivity index (χ0v) is 16.6. The number of benzene rings is 1. The lowest BCUT2D eigenvalue weighted by atomic mass is 9.40. The van der Waals surface area contributed by atoms with Gasteiger partial charge < -0.3 is 15.5 Å². The molecule has 26 heavy (non-hydrogen) atoms. The van der Waals surface area contributed by atoms with Gasteiger partial charge in [0.1, 0.15) is 11.5 Å². The van der Waals surface area contributed by atoms with Crippen LogP contribution in [0.3, 0.4) is 0 Å². The van der Waals surface area contributed by atoms with Gasteiger partial charge in [0.15, 0.2) is 0 Å². The van der Waals surface area contributed by atoms with E-state index in [0.29, 0.717) is 12.5 Å². The summed E-state index contributed by atoms with van der Waals surface area (Å²) in [6.07, 6.45) is 3.70. The number of phenolic OH excluding ortho intramolecular Hbond substituents is 2. The molecule has 0 unspecified atom stereocenters. The molecule has 0 bridgehead atoms. The van der Waals surface area contributed by atoms with Crippen molar-refractivity contribution in [3.63, 3.8) is 0 Å². The normalized spacial score (nSPS) is 40.8. The maximum atomic E-state index is 12.8. The van der Waals surface area contributed by atoms with Crippen LogP contribution < -0.4 is 5.32 Å². The number of aromatic hydroxyl groups is 2. The summed E-state index contributed by atoms with van der Waals surface area (Å²) >= 11 is 0. The van der Waals surface area contributed by atoms with E-state index < -0.39 is 5.41 Å². The van der Waals surface area contributed by atoms with Crippen LogP contribution in [0.4, 0.5) is 0 Å². The Morgan fingerprint density at radius 2 is 1.73 bits per heavy atom. The van der Waals surface area contributed by atoms with Crippen LogP contribution in [0, 0.1) is 22.2 Å². The molecule has 2 fully saturated rings. The molecule has 1 saturated heterocycles. The SMILES string of the molecule is CC1(C)C(=O)NCC[C@@]2(C)[C@@H]3Cc4cc(O)cc(O)c4[C@@]3(C)CC[C@]12C. The third-order valence-corrected chi connectivity index (χ3v) is 9.00. The first-order valence-electron chi connectivity index (χ1n) is 9.81. The molecule has 4 atom stereocenters. The van der Waals surface area contributed by atoms with Gasteiger partial charge in [0.2, 0.25) is 5.91 Å². The number of fused-ring (bicyclic) bond motifs is 5. The first-order chi connectivity index (χ1) is 12.0. The number of carbonyl (C=O) groups excluding carboxylic acids is 1. The van der Waals surface area contributed by atoms with Gasteiger partial charge in [0.05, 0.1) is 0 Å². The van der Waals surface area contributed by atoms with E-state index in [-0.39, 0.29) is 33.7 Å². The molecule has 1 amide bonds. The van der Waals surface area contributed by atoms with E-state index in [4.69, 9.17) is 0 Å². The summed E-state index contributed by atoms with van der Waals surface area (Å²) in [5, 5.41) is 23.8. The van der Waals surface area contributed by atoms with Crippen LogP contribution in [0.1, 0.15) is 65.0 Å². The van der Waals surface area contributed by atoms with E-state index in [9.17, 15) is 15.0 Å². The molecule has 4 heteroatoms. The quantitative estimate of drug-likeness (QED) is 0.660. The van der Waals surface area contributed by atoms with Crippen molar-refractivity contribution in [1.29, 1.82) is 0 Å². The van der Waals surface area contributed by atoms with E-state index in [2.05, 4.69) is 39.9 Å². The summed E-state index contributed by atoms with van der Waals surface area (Å²) in [5.74, 6) is 0.848. The number of hydrogen-bond acceptors (Lipinski definition) is 3. The lowest BCUT2D eigenvalue weighted by Gasteiger charge is -2.63. The summed E-state index contributed by atoms with van der Waals surface area (Å²) in [6.45, 7) is 11.8. The van der Waals surface area contributed by atoms with Crippen molar-refractivity contribution in [1.82, 2.24) is 5.32 Å². The minimum atomic E-state index is -0.446. The van der Waals surface area contributed by atoms with E-state index in [0.717, 1.165) is 36.8 Å². The topological polar surface area (TPSA) is 69.6 Å². The van der Waals surface area contributed by atoms with Crippen LogP contribution in [-0.2, 0) is 16.6 Å². The highest BCUT2D eigenvalue weighted by Crippen LogP contribution is 2.71. The lowest BCUT2D eigenvalue weighted by Crippen LogP contribution is -2.60. The first-order valence-corrected chi connectivity index (χ1v) is 9.81. The van der Waals surface area contributed by atoms with Gasteiger partial charge in [-0.05, 0) is 54.1 Å². The maximum Gasteiger partial charge on any atom is 0.226 e. The van der Waals surface area contributed by atoms with Crippen molar-refractivity contribution >= 4 is 5.91 Å². The summed E-state index contributed by atoms with van der Waals surface area (Å²) in [7, 11) is 0. The number of carbonyl (C=O) groups is 1. The average molecular weight is 357 g/mol. The molecule has 3 N–H and O–H groups in total. The largest absolute Gasteiger partial charge is 0.508 e. The van der Waals surface area contributed by atoms with Crippen LogP contribution >= 0.6 is 0 Å². The van der Waals surface area contributed by atoms with E-state index in [1.165, 1.54) is 6.07 Å². The van der Waals surface area contributed by atoms with E-state index in [1.807, 2.05) is 6.07 Å². The first kappa shape index (κ1) is 17.7. The minimum absolute atomic E-state index is 0.0380. The Bertz CT molecular complexity index is 801. The average Bonchev–Trinajstić information content (AvgIpc) is 2.82. The molecule has 0 radical (unpaired) electrons. The van der Waals surface area contributed by atoms with E-state index >= 15 is 0 Å². The summed E-state index contributed by atoms with van der Waals surface area (Å²) in [6, 6.07) is 3.30. The second-order valence-electron chi connectivity index (χ2n) is 10.1. The smallest absolute Gasteiger partial charge is 0.226 e. The zero-order chi connectivity index (χ0) is 19.1. The number of hydrogen-bond donors (Lipinski definition) is 3. The van der Waals surface area contributed by atoms with Crippen molar-refractivity contribution < 1.29 is 15.0 Å². The minimum Gasteiger partial charge on any atom is -0.508 e. The molecule has 1 saturated carbocycles. The van der Waals surface area contributed by atoms with Gasteiger partial charge in [-0.1, -0.05) is 34.6 Å². The molecule has 2 aliphatic carbocycles. The number of rotatable bonds is 0. The van der Waals surface area contributed by atoms with Gasteiger partial charge in [-0.3, -0.25) is 4.79 Å². The second kappa shape index (κ2) is 4.96. The van der Waals surface area contributed by atoms with Crippen molar-refractivity contribution in [3.05, 3.63) is 23.3 Å². The number of nitrogens with one attached hydrogen (secondary N) is 1. The predicted octanol–water partition coefficient (Wildman–Crippen LogP) is 3.88. The lowest BCUT2D eigenvalue weighted by molar-refractivity contribution is -0.159. The van der Waals surface area contributed by atoms with Crippen molar-refractivity contribution in [2.75, 3.05) is 6.54 Å². The van der Waals surface area contributed by atoms with E-state index in [1.54, 1.807) is 0 Å². The highest BCUT2D eigenvalue weighted by atomic mass is 16.3. The molecule has 1 aliphatic heterocycles. The highest BCUT2D eigenvalue weighted by molar-refractivity contribution is 5.83. The van der Waals surface area contributed by atoms with Gasteiger partial charge >= 0.3 is 0 Å². The third-order valence-electron chi connectivity index (χ3n) is 9.00. The fourth-order valence-corrected chi connectivity index (χ4v) is 6.90. The Kier molecular flexibility index (Phi) is 3.38. The molecule has 4 nitrogen and oxygen atoms in total. The van der Waals surface area contributed by atoms with Crippen LogP contribution in [0.5, 0.6) is 11.5 Å². The Morgan fingerprint density at radius 1 is 1.04 bits per heavy atom. The molecule has 1 heterocycles. The van der Waals surface area contributed by atoms with Gasteiger partial charge in [0, 0.05) is 29.0 Å². The van der Waals surface area contributed by atoms with Crippen molar-refractivity contribution in [2.24, 2.45) is 22.2 Å².